The molecule has 0 heterocycles. The standard InChI is InChI=1S/C15H13Br2ClO2/c1-19-12-8-7-11(15(20-2)14(12)17)13(16)9-3-5-10(18)6-4-9/h3-8,13H,1-2H3. The van der Waals surface area contributed by atoms with Crippen LogP contribution < -0.4 is 9.47 Å². The Morgan fingerprint density at radius 3 is 2.20 bits per heavy atom. The van der Waals surface area contributed by atoms with Gasteiger partial charge in [-0.15, -0.1) is 0 Å². The lowest BCUT2D eigenvalue weighted by molar-refractivity contribution is 0.386. The first-order valence-electron chi connectivity index (χ1n) is 5.88. The molecule has 1 unspecified atom stereocenters. The van der Waals surface area contributed by atoms with Crippen LogP contribution in [0.3, 0.4) is 0 Å². The highest BCUT2D eigenvalue weighted by Gasteiger charge is 2.19. The predicted molar refractivity (Wildman–Crippen MR) is 89.5 cm³/mol. The van der Waals surface area contributed by atoms with Gasteiger partial charge in [0.25, 0.3) is 0 Å². The molecule has 2 nitrogen and oxygen atoms in total. The lowest BCUT2D eigenvalue weighted by Crippen LogP contribution is -1.99. The van der Waals surface area contributed by atoms with Crippen LogP contribution >= 0.6 is 43.5 Å². The summed E-state index contributed by atoms with van der Waals surface area (Å²) in [5.74, 6) is 1.49. The van der Waals surface area contributed by atoms with Crippen molar-refractivity contribution in [2.24, 2.45) is 0 Å². The minimum atomic E-state index is 0.0110. The van der Waals surface area contributed by atoms with Crippen molar-refractivity contribution in [1.82, 2.24) is 0 Å². The fraction of sp³-hybridized carbons (Fsp3) is 0.200. The molecular weight excluding hydrogens is 407 g/mol. The van der Waals surface area contributed by atoms with Gasteiger partial charge in [-0.1, -0.05) is 45.7 Å². The second-order valence-corrected chi connectivity index (χ2v) is 6.26. The van der Waals surface area contributed by atoms with E-state index in [4.69, 9.17) is 21.1 Å². The number of hydrogen-bond donors (Lipinski definition) is 0. The van der Waals surface area contributed by atoms with Gasteiger partial charge in [-0.25, -0.2) is 0 Å². The van der Waals surface area contributed by atoms with Crippen molar-refractivity contribution >= 4 is 43.5 Å². The molecule has 2 aromatic rings. The molecule has 0 aromatic heterocycles. The van der Waals surface area contributed by atoms with E-state index in [9.17, 15) is 0 Å². The largest absolute Gasteiger partial charge is 0.495 e. The van der Waals surface area contributed by atoms with E-state index in [1.165, 1.54) is 0 Å². The quantitative estimate of drug-likeness (QED) is 0.599. The van der Waals surface area contributed by atoms with Gasteiger partial charge in [-0.2, -0.15) is 0 Å². The minimum Gasteiger partial charge on any atom is -0.495 e. The van der Waals surface area contributed by atoms with Gasteiger partial charge in [0.05, 0.1) is 19.0 Å². The van der Waals surface area contributed by atoms with E-state index in [-0.39, 0.29) is 4.83 Å². The number of alkyl halides is 1. The van der Waals surface area contributed by atoms with Gasteiger partial charge in [-0.3, -0.25) is 0 Å². The molecule has 0 N–H and O–H groups in total. The van der Waals surface area contributed by atoms with Crippen LogP contribution in [-0.4, -0.2) is 14.2 Å². The average Bonchev–Trinajstić information content (AvgIpc) is 2.47. The highest BCUT2D eigenvalue weighted by molar-refractivity contribution is 9.10. The highest BCUT2D eigenvalue weighted by atomic mass is 79.9. The van der Waals surface area contributed by atoms with Crippen molar-refractivity contribution in [2.75, 3.05) is 14.2 Å². The van der Waals surface area contributed by atoms with Crippen molar-refractivity contribution in [3.8, 4) is 11.5 Å². The third-order valence-corrected chi connectivity index (χ3v) is 4.98. The van der Waals surface area contributed by atoms with Crippen LogP contribution in [0.15, 0.2) is 40.9 Å². The molecule has 2 rings (SSSR count). The van der Waals surface area contributed by atoms with Gasteiger partial charge in [0, 0.05) is 10.6 Å². The summed E-state index contributed by atoms with van der Waals surface area (Å²) in [7, 11) is 3.27. The Labute approximate surface area is 140 Å². The molecule has 0 spiro atoms. The van der Waals surface area contributed by atoms with Crippen molar-refractivity contribution < 1.29 is 9.47 Å². The molecule has 0 fully saturated rings. The van der Waals surface area contributed by atoms with Crippen molar-refractivity contribution in [2.45, 2.75) is 4.83 Å². The normalized spacial score (nSPS) is 12.1. The predicted octanol–water partition coefficient (Wildman–Crippen LogP) is 5.60. The molecule has 1 atom stereocenters. The molecule has 0 aliphatic heterocycles. The molecule has 0 aliphatic rings. The maximum Gasteiger partial charge on any atom is 0.141 e. The van der Waals surface area contributed by atoms with Crippen LogP contribution in [0, 0.1) is 0 Å². The number of halogens is 3. The van der Waals surface area contributed by atoms with Gasteiger partial charge in [0.1, 0.15) is 16.0 Å². The number of ether oxygens (including phenoxy) is 2. The van der Waals surface area contributed by atoms with Crippen molar-refractivity contribution in [3.63, 3.8) is 0 Å². The average molecular weight is 421 g/mol. The number of benzene rings is 2. The fourth-order valence-electron chi connectivity index (χ4n) is 1.93. The molecule has 0 radical (unpaired) electrons. The summed E-state index contributed by atoms with van der Waals surface area (Å²) < 4.78 is 11.6. The van der Waals surface area contributed by atoms with Gasteiger partial charge in [-0.05, 0) is 39.7 Å². The molecule has 0 bridgehead atoms. The third kappa shape index (κ3) is 3.13. The molecule has 0 saturated heterocycles. The first kappa shape index (κ1) is 15.7. The summed E-state index contributed by atoms with van der Waals surface area (Å²) in [5.41, 5.74) is 2.12. The maximum atomic E-state index is 5.92. The topological polar surface area (TPSA) is 18.5 Å². The second-order valence-electron chi connectivity index (χ2n) is 4.12. The molecular formula is C15H13Br2ClO2. The van der Waals surface area contributed by atoms with E-state index < -0.39 is 0 Å². The van der Waals surface area contributed by atoms with Crippen LogP contribution in [0.1, 0.15) is 16.0 Å². The Morgan fingerprint density at radius 2 is 1.65 bits per heavy atom. The zero-order chi connectivity index (χ0) is 14.7. The van der Waals surface area contributed by atoms with Crippen LogP contribution in [0.4, 0.5) is 0 Å². The number of hydrogen-bond acceptors (Lipinski definition) is 2. The first-order chi connectivity index (χ1) is 9.58. The van der Waals surface area contributed by atoms with E-state index in [0.29, 0.717) is 0 Å². The molecule has 0 aliphatic carbocycles. The smallest absolute Gasteiger partial charge is 0.141 e. The Hall–Kier alpha value is -0.710. The summed E-state index contributed by atoms with van der Waals surface area (Å²) in [5, 5.41) is 0.719. The second kappa shape index (κ2) is 6.83. The molecule has 106 valence electrons. The monoisotopic (exact) mass is 418 g/mol. The summed E-state index contributed by atoms with van der Waals surface area (Å²) in [6, 6.07) is 11.6. The molecule has 0 saturated carbocycles. The number of methoxy groups -OCH3 is 2. The minimum absolute atomic E-state index is 0.0110. The van der Waals surface area contributed by atoms with Gasteiger partial charge >= 0.3 is 0 Å². The van der Waals surface area contributed by atoms with E-state index in [2.05, 4.69) is 31.9 Å². The van der Waals surface area contributed by atoms with Crippen LogP contribution in [0.2, 0.25) is 5.02 Å². The molecule has 0 amide bonds. The highest BCUT2D eigenvalue weighted by Crippen LogP contribution is 2.44. The summed E-state index contributed by atoms with van der Waals surface area (Å²) in [6.07, 6.45) is 0. The lowest BCUT2D eigenvalue weighted by Gasteiger charge is -2.17. The van der Waals surface area contributed by atoms with E-state index >= 15 is 0 Å². The molecule has 5 heteroatoms. The van der Waals surface area contributed by atoms with E-state index in [0.717, 1.165) is 32.1 Å². The van der Waals surface area contributed by atoms with E-state index in [1.807, 2.05) is 36.4 Å². The first-order valence-corrected chi connectivity index (χ1v) is 7.97. The maximum absolute atomic E-state index is 5.92. The van der Waals surface area contributed by atoms with E-state index in [1.54, 1.807) is 14.2 Å². The summed E-state index contributed by atoms with van der Waals surface area (Å²) >= 11 is 13.1. The SMILES string of the molecule is COc1ccc(C(Br)c2ccc(Cl)cc2)c(OC)c1Br. The zero-order valence-corrected chi connectivity index (χ0v) is 14.9. The molecule has 2 aromatic carbocycles. The Morgan fingerprint density at radius 1 is 1.00 bits per heavy atom. The van der Waals surface area contributed by atoms with Crippen molar-refractivity contribution in [3.05, 3.63) is 57.0 Å². The summed E-state index contributed by atoms with van der Waals surface area (Å²) in [4.78, 5) is 0.0110. The Kier molecular flexibility index (Phi) is 5.35. The van der Waals surface area contributed by atoms with Gasteiger partial charge in [0.2, 0.25) is 0 Å². The zero-order valence-electron chi connectivity index (χ0n) is 11.0. The van der Waals surface area contributed by atoms with Crippen LogP contribution in [0.25, 0.3) is 0 Å². The Balaban J connectivity index is 2.46. The van der Waals surface area contributed by atoms with Crippen molar-refractivity contribution in [1.29, 1.82) is 0 Å². The molecule has 20 heavy (non-hydrogen) atoms. The van der Waals surface area contributed by atoms with Gasteiger partial charge < -0.3 is 9.47 Å². The fourth-order valence-corrected chi connectivity index (χ4v) is 3.41. The van der Waals surface area contributed by atoms with Crippen LogP contribution in [-0.2, 0) is 0 Å². The Bertz CT molecular complexity index is 600. The summed E-state index contributed by atoms with van der Waals surface area (Å²) in [6.45, 7) is 0. The number of rotatable bonds is 4. The third-order valence-electron chi connectivity index (χ3n) is 2.95. The van der Waals surface area contributed by atoms with Crippen LogP contribution in [0.5, 0.6) is 11.5 Å². The lowest BCUT2D eigenvalue weighted by atomic mass is 10.0. The van der Waals surface area contributed by atoms with Gasteiger partial charge in [0.15, 0.2) is 0 Å².